The minimum Gasteiger partial charge on any atom is -0.376 e. The minimum absolute atomic E-state index is 0.126. The van der Waals surface area contributed by atoms with Gasteiger partial charge in [-0.05, 0) is 62.2 Å². The summed E-state index contributed by atoms with van der Waals surface area (Å²) in [6.45, 7) is 3.70. The van der Waals surface area contributed by atoms with Gasteiger partial charge in [0.15, 0.2) is 5.11 Å². The van der Waals surface area contributed by atoms with Crippen LogP contribution in [0.3, 0.4) is 0 Å². The largest absolute Gasteiger partial charge is 0.376 e. The molecule has 1 atom stereocenters. The van der Waals surface area contributed by atoms with Crippen molar-refractivity contribution in [2.45, 2.75) is 38.5 Å². The molecule has 0 spiro atoms. The number of carbonyl (C=O) groups excluding carboxylic acids is 1. The van der Waals surface area contributed by atoms with Crippen LogP contribution < -0.4 is 16.0 Å². The van der Waals surface area contributed by atoms with Gasteiger partial charge in [-0.25, -0.2) is 0 Å². The number of rotatable bonds is 3. The minimum atomic E-state index is 0.126. The van der Waals surface area contributed by atoms with Crippen molar-refractivity contribution in [2.24, 2.45) is 11.7 Å². The van der Waals surface area contributed by atoms with E-state index in [0.717, 1.165) is 63.2 Å². The number of piperidine rings is 1. The topological polar surface area (TPSA) is 61.6 Å². The molecule has 3 N–H and O–H groups in total. The highest BCUT2D eigenvalue weighted by Gasteiger charge is 2.29. The maximum absolute atomic E-state index is 12.9. The number of nitrogens with zero attached hydrogens (tertiary/aromatic N) is 2. The maximum atomic E-state index is 12.9. The van der Waals surface area contributed by atoms with Crippen LogP contribution in [-0.2, 0) is 4.79 Å². The van der Waals surface area contributed by atoms with Crippen molar-refractivity contribution >= 4 is 34.6 Å². The third kappa shape index (κ3) is 4.84. The molecule has 2 saturated heterocycles. The molecular weight excluding hydrogens is 332 g/mol. The molecular formula is C19H28N4OS. The quantitative estimate of drug-likeness (QED) is 0.812. The summed E-state index contributed by atoms with van der Waals surface area (Å²) in [6, 6.07) is 8.10. The summed E-state index contributed by atoms with van der Waals surface area (Å²) in [5.41, 5.74) is 7.55. The molecule has 3 rings (SSSR count). The predicted molar refractivity (Wildman–Crippen MR) is 107 cm³/mol. The second-order valence-electron chi connectivity index (χ2n) is 7.06. The van der Waals surface area contributed by atoms with Crippen LogP contribution in [0.2, 0.25) is 0 Å². The first kappa shape index (κ1) is 18.0. The zero-order chi connectivity index (χ0) is 17.6. The Bertz CT molecular complexity index is 596. The van der Waals surface area contributed by atoms with Crippen LogP contribution in [0.4, 0.5) is 11.4 Å². The molecule has 0 radical (unpaired) electrons. The number of nitrogens with one attached hydrogen (secondary N) is 1. The van der Waals surface area contributed by atoms with Crippen LogP contribution in [0.25, 0.3) is 0 Å². The summed E-state index contributed by atoms with van der Waals surface area (Å²) >= 11 is 4.87. The number of amides is 1. The third-order valence-corrected chi connectivity index (χ3v) is 5.29. The Hall–Kier alpha value is -1.82. The van der Waals surface area contributed by atoms with E-state index in [1.54, 1.807) is 0 Å². The highest BCUT2D eigenvalue weighted by atomic mass is 32.1. The van der Waals surface area contributed by atoms with Gasteiger partial charge in [-0.2, -0.15) is 0 Å². The SMILES string of the molecule is NC(=S)Nc1ccc(N2CCCC(C(=O)N3CCCCCC3)C2)cc1. The number of hydrogen-bond acceptors (Lipinski definition) is 3. The van der Waals surface area contributed by atoms with Crippen molar-refractivity contribution in [3.8, 4) is 0 Å². The normalized spacial score (nSPS) is 21.5. The fourth-order valence-corrected chi connectivity index (χ4v) is 3.98. The first-order chi connectivity index (χ1) is 12.1. The van der Waals surface area contributed by atoms with Crippen molar-refractivity contribution in [1.29, 1.82) is 0 Å². The molecule has 2 fully saturated rings. The van der Waals surface area contributed by atoms with Crippen molar-refractivity contribution in [3.05, 3.63) is 24.3 Å². The van der Waals surface area contributed by atoms with Gasteiger partial charge >= 0.3 is 0 Å². The van der Waals surface area contributed by atoms with E-state index in [0.29, 0.717) is 5.91 Å². The zero-order valence-corrected chi connectivity index (χ0v) is 15.6. The van der Waals surface area contributed by atoms with E-state index in [-0.39, 0.29) is 11.0 Å². The van der Waals surface area contributed by atoms with Crippen LogP contribution in [0, 0.1) is 5.92 Å². The number of carbonyl (C=O) groups is 1. The fraction of sp³-hybridized carbons (Fsp3) is 0.579. The second-order valence-corrected chi connectivity index (χ2v) is 7.50. The molecule has 0 saturated carbocycles. The fourth-order valence-electron chi connectivity index (χ4n) is 3.86. The van der Waals surface area contributed by atoms with Crippen LogP contribution in [0.15, 0.2) is 24.3 Å². The molecule has 1 unspecified atom stereocenters. The molecule has 0 aromatic heterocycles. The Kier molecular flexibility index (Phi) is 6.13. The lowest BCUT2D eigenvalue weighted by molar-refractivity contribution is -0.135. The number of likely N-dealkylation sites (tertiary alicyclic amines) is 1. The van der Waals surface area contributed by atoms with Gasteiger partial charge in [-0.3, -0.25) is 4.79 Å². The first-order valence-corrected chi connectivity index (χ1v) is 9.74. The van der Waals surface area contributed by atoms with E-state index in [4.69, 9.17) is 18.0 Å². The molecule has 1 aromatic rings. The monoisotopic (exact) mass is 360 g/mol. The van der Waals surface area contributed by atoms with Gasteiger partial charge in [-0.1, -0.05) is 12.8 Å². The molecule has 25 heavy (non-hydrogen) atoms. The molecule has 2 heterocycles. The summed E-state index contributed by atoms with van der Waals surface area (Å²) in [4.78, 5) is 17.4. The molecule has 1 amide bonds. The van der Waals surface area contributed by atoms with Gasteiger partial charge in [-0.15, -0.1) is 0 Å². The Morgan fingerprint density at radius 3 is 2.36 bits per heavy atom. The average Bonchev–Trinajstić information content (AvgIpc) is 2.91. The van der Waals surface area contributed by atoms with Gasteiger partial charge in [0, 0.05) is 37.6 Å². The van der Waals surface area contributed by atoms with E-state index < -0.39 is 0 Å². The van der Waals surface area contributed by atoms with Crippen molar-refractivity contribution in [1.82, 2.24) is 4.90 Å². The lowest BCUT2D eigenvalue weighted by Crippen LogP contribution is -2.45. The van der Waals surface area contributed by atoms with E-state index in [1.165, 1.54) is 12.8 Å². The Labute approximate surface area is 155 Å². The number of hydrogen-bond donors (Lipinski definition) is 2. The summed E-state index contributed by atoms with van der Waals surface area (Å²) in [5.74, 6) is 0.486. The van der Waals surface area contributed by atoms with E-state index in [2.05, 4.69) is 27.2 Å². The number of nitrogens with two attached hydrogens (primary N) is 1. The summed E-state index contributed by atoms with van der Waals surface area (Å²) in [6.07, 6.45) is 6.89. The van der Waals surface area contributed by atoms with Gasteiger partial charge in [0.2, 0.25) is 5.91 Å². The molecule has 0 bridgehead atoms. The lowest BCUT2D eigenvalue weighted by atomic mass is 9.95. The smallest absolute Gasteiger partial charge is 0.227 e. The van der Waals surface area contributed by atoms with Gasteiger partial charge in [0.25, 0.3) is 0 Å². The molecule has 6 heteroatoms. The summed E-state index contributed by atoms with van der Waals surface area (Å²) in [7, 11) is 0. The Morgan fingerprint density at radius 2 is 1.72 bits per heavy atom. The molecule has 2 aliphatic heterocycles. The van der Waals surface area contributed by atoms with E-state index in [1.807, 2.05) is 12.1 Å². The van der Waals surface area contributed by atoms with Crippen molar-refractivity contribution < 1.29 is 4.79 Å². The highest BCUT2D eigenvalue weighted by molar-refractivity contribution is 7.80. The average molecular weight is 361 g/mol. The second kappa shape index (κ2) is 8.52. The molecule has 2 aliphatic rings. The third-order valence-electron chi connectivity index (χ3n) is 5.19. The van der Waals surface area contributed by atoms with Crippen LogP contribution in [0.1, 0.15) is 38.5 Å². The predicted octanol–water partition coefficient (Wildman–Crippen LogP) is 2.96. The van der Waals surface area contributed by atoms with E-state index >= 15 is 0 Å². The van der Waals surface area contributed by atoms with Gasteiger partial charge in [0.05, 0.1) is 5.92 Å². The first-order valence-electron chi connectivity index (χ1n) is 9.34. The molecule has 0 aliphatic carbocycles. The van der Waals surface area contributed by atoms with Crippen LogP contribution >= 0.6 is 12.2 Å². The number of anilines is 2. The van der Waals surface area contributed by atoms with Crippen molar-refractivity contribution in [3.63, 3.8) is 0 Å². The van der Waals surface area contributed by atoms with Crippen LogP contribution in [0.5, 0.6) is 0 Å². The van der Waals surface area contributed by atoms with Crippen LogP contribution in [-0.4, -0.2) is 42.1 Å². The number of thiocarbonyl (C=S) groups is 1. The van der Waals surface area contributed by atoms with Gasteiger partial charge in [0.1, 0.15) is 0 Å². The lowest BCUT2D eigenvalue weighted by Gasteiger charge is -2.36. The molecule has 1 aromatic carbocycles. The van der Waals surface area contributed by atoms with Crippen molar-refractivity contribution in [2.75, 3.05) is 36.4 Å². The maximum Gasteiger partial charge on any atom is 0.227 e. The zero-order valence-electron chi connectivity index (χ0n) is 14.7. The number of benzene rings is 1. The molecule has 5 nitrogen and oxygen atoms in total. The summed E-state index contributed by atoms with van der Waals surface area (Å²) < 4.78 is 0. The summed E-state index contributed by atoms with van der Waals surface area (Å²) in [5, 5.41) is 3.21. The molecule has 136 valence electrons. The standard InChI is InChI=1S/C19H28N4OS/c20-19(25)21-16-7-9-17(10-8-16)23-13-5-6-15(14-23)18(24)22-11-3-1-2-4-12-22/h7-10,15H,1-6,11-14H2,(H3,20,21,25). The van der Waals surface area contributed by atoms with Gasteiger partial charge < -0.3 is 20.9 Å². The Balaban J connectivity index is 1.62. The Morgan fingerprint density at radius 1 is 1.04 bits per heavy atom. The van der Waals surface area contributed by atoms with E-state index in [9.17, 15) is 4.79 Å². The highest BCUT2D eigenvalue weighted by Crippen LogP contribution is 2.26.